The molecule has 0 bridgehead atoms. The van der Waals surface area contributed by atoms with Gasteiger partial charge >= 0.3 is 0 Å². The molecule has 1 atom stereocenters. The highest BCUT2D eigenvalue weighted by atomic mass is 14.9. The molecule has 0 amide bonds. The molecule has 3 N–H and O–H groups in total. The van der Waals surface area contributed by atoms with E-state index in [1.807, 2.05) is 6.20 Å². The molecule has 1 fully saturated rings. The number of rotatable bonds is 6. The predicted molar refractivity (Wildman–Crippen MR) is 75.2 cm³/mol. The van der Waals surface area contributed by atoms with Crippen LogP contribution in [0.3, 0.4) is 0 Å². The van der Waals surface area contributed by atoms with Gasteiger partial charge in [-0.15, -0.1) is 0 Å². The second kappa shape index (κ2) is 7.37. The van der Waals surface area contributed by atoms with E-state index in [9.17, 15) is 0 Å². The maximum Gasteiger partial charge on any atom is 0.0923 e. The molecule has 1 heterocycles. The average molecular weight is 247 g/mol. The largest absolute Gasteiger partial charge is 0.351 e. The lowest BCUT2D eigenvalue weighted by atomic mass is 9.85. The molecule has 1 aliphatic carbocycles. The smallest absolute Gasteiger partial charge is 0.0923 e. The van der Waals surface area contributed by atoms with Crippen molar-refractivity contribution in [3.05, 3.63) is 30.4 Å². The lowest BCUT2D eigenvalue weighted by Gasteiger charge is -2.23. The Morgan fingerprint density at radius 2 is 2.22 bits per heavy atom. The molecule has 0 aliphatic heterocycles. The number of allylic oxidation sites excluding steroid dienone is 1. The molecular formula is C15H25N3. The first kappa shape index (κ1) is 13.3. The van der Waals surface area contributed by atoms with Gasteiger partial charge in [-0.25, -0.2) is 4.98 Å². The maximum absolute atomic E-state index is 6.16. The Balaban J connectivity index is 1.62. The van der Waals surface area contributed by atoms with Gasteiger partial charge < -0.3 is 10.7 Å². The molecule has 1 unspecified atom stereocenters. The lowest BCUT2D eigenvalue weighted by molar-refractivity contribution is 0.329. The summed E-state index contributed by atoms with van der Waals surface area (Å²) in [5.41, 5.74) is 7.28. The van der Waals surface area contributed by atoms with Gasteiger partial charge in [-0.05, 0) is 25.2 Å². The fourth-order valence-electron chi connectivity index (χ4n) is 2.82. The molecular weight excluding hydrogens is 222 g/mol. The fourth-order valence-corrected chi connectivity index (χ4v) is 2.82. The van der Waals surface area contributed by atoms with Gasteiger partial charge in [0.15, 0.2) is 0 Å². The summed E-state index contributed by atoms with van der Waals surface area (Å²) in [6, 6.07) is 0.243. The highest BCUT2D eigenvalue weighted by Gasteiger charge is 2.15. The van der Waals surface area contributed by atoms with Gasteiger partial charge in [-0.1, -0.05) is 44.3 Å². The van der Waals surface area contributed by atoms with Crippen LogP contribution in [0.1, 0.15) is 50.6 Å². The maximum atomic E-state index is 6.16. The third-order valence-electron chi connectivity index (χ3n) is 3.84. The number of nitrogens with zero attached hydrogens (tertiary/aromatic N) is 1. The van der Waals surface area contributed by atoms with Crippen LogP contribution in [0, 0.1) is 5.92 Å². The standard InChI is InChI=1S/C15H25N3/c16-14(10-13-6-2-1-3-7-13)8-4-5-9-15-11-17-12-18-15/h4,8,11-14H,1-3,5-7,9-10,16H2,(H,17,18). The Morgan fingerprint density at radius 1 is 1.39 bits per heavy atom. The molecule has 0 saturated heterocycles. The minimum absolute atomic E-state index is 0.243. The Bertz CT molecular complexity index is 337. The molecule has 3 nitrogen and oxygen atoms in total. The van der Waals surface area contributed by atoms with Crippen LogP contribution in [-0.2, 0) is 6.42 Å². The van der Waals surface area contributed by atoms with E-state index in [0.29, 0.717) is 0 Å². The van der Waals surface area contributed by atoms with E-state index >= 15 is 0 Å². The van der Waals surface area contributed by atoms with Crippen molar-refractivity contribution >= 4 is 0 Å². The van der Waals surface area contributed by atoms with E-state index in [4.69, 9.17) is 5.73 Å². The molecule has 1 aromatic rings. The Kier molecular flexibility index (Phi) is 5.46. The van der Waals surface area contributed by atoms with Gasteiger partial charge in [-0.2, -0.15) is 0 Å². The van der Waals surface area contributed by atoms with E-state index in [2.05, 4.69) is 22.1 Å². The van der Waals surface area contributed by atoms with Crippen LogP contribution in [0.5, 0.6) is 0 Å². The second-order valence-corrected chi connectivity index (χ2v) is 5.43. The molecule has 0 aromatic carbocycles. The van der Waals surface area contributed by atoms with Gasteiger partial charge in [0.2, 0.25) is 0 Å². The number of hydrogen-bond acceptors (Lipinski definition) is 2. The van der Waals surface area contributed by atoms with Crippen LogP contribution in [0.4, 0.5) is 0 Å². The van der Waals surface area contributed by atoms with Crippen molar-refractivity contribution in [1.82, 2.24) is 9.97 Å². The summed E-state index contributed by atoms with van der Waals surface area (Å²) < 4.78 is 0. The Hall–Kier alpha value is -1.09. The van der Waals surface area contributed by atoms with Crippen LogP contribution in [-0.4, -0.2) is 16.0 Å². The van der Waals surface area contributed by atoms with Gasteiger partial charge in [0.1, 0.15) is 0 Å². The zero-order valence-corrected chi connectivity index (χ0v) is 11.1. The summed E-state index contributed by atoms with van der Waals surface area (Å²) in [4.78, 5) is 7.18. The van der Waals surface area contributed by atoms with E-state index in [1.54, 1.807) is 6.33 Å². The molecule has 0 radical (unpaired) electrons. The molecule has 1 aliphatic rings. The molecule has 1 aromatic heterocycles. The third kappa shape index (κ3) is 4.65. The topological polar surface area (TPSA) is 54.7 Å². The number of aromatic nitrogens is 2. The van der Waals surface area contributed by atoms with Gasteiger partial charge in [0, 0.05) is 12.2 Å². The first-order chi connectivity index (χ1) is 8.84. The Labute approximate surface area is 110 Å². The minimum atomic E-state index is 0.243. The molecule has 0 spiro atoms. The quantitative estimate of drug-likeness (QED) is 0.758. The number of aryl methyl sites for hydroxylation is 1. The summed E-state index contributed by atoms with van der Waals surface area (Å²) in [5.74, 6) is 0.866. The monoisotopic (exact) mass is 247 g/mol. The zero-order chi connectivity index (χ0) is 12.6. The molecule has 3 heteroatoms. The molecule has 1 saturated carbocycles. The van der Waals surface area contributed by atoms with Crippen molar-refractivity contribution in [2.24, 2.45) is 11.7 Å². The number of aromatic amines is 1. The summed E-state index contributed by atoms with van der Waals surface area (Å²) >= 11 is 0. The summed E-state index contributed by atoms with van der Waals surface area (Å²) in [6.45, 7) is 0. The highest BCUT2D eigenvalue weighted by Crippen LogP contribution is 2.27. The zero-order valence-electron chi connectivity index (χ0n) is 11.1. The molecule has 2 rings (SSSR count). The fraction of sp³-hybridized carbons (Fsp3) is 0.667. The minimum Gasteiger partial charge on any atom is -0.351 e. The molecule has 100 valence electrons. The first-order valence-electron chi connectivity index (χ1n) is 7.24. The van der Waals surface area contributed by atoms with Crippen molar-refractivity contribution < 1.29 is 0 Å². The highest BCUT2D eigenvalue weighted by molar-refractivity contribution is 4.99. The van der Waals surface area contributed by atoms with Crippen molar-refractivity contribution in [2.75, 3.05) is 0 Å². The van der Waals surface area contributed by atoms with Crippen LogP contribution in [0.2, 0.25) is 0 Å². The molecule has 18 heavy (non-hydrogen) atoms. The van der Waals surface area contributed by atoms with Gasteiger partial charge in [0.25, 0.3) is 0 Å². The second-order valence-electron chi connectivity index (χ2n) is 5.43. The number of H-pyrrole nitrogens is 1. The number of imidazole rings is 1. The van der Waals surface area contributed by atoms with Crippen LogP contribution < -0.4 is 5.73 Å². The number of hydrogen-bond donors (Lipinski definition) is 2. The van der Waals surface area contributed by atoms with Crippen molar-refractivity contribution in [3.63, 3.8) is 0 Å². The van der Waals surface area contributed by atoms with Crippen LogP contribution in [0.25, 0.3) is 0 Å². The van der Waals surface area contributed by atoms with E-state index in [0.717, 1.165) is 24.5 Å². The van der Waals surface area contributed by atoms with Gasteiger partial charge in [-0.3, -0.25) is 0 Å². The summed E-state index contributed by atoms with van der Waals surface area (Å²) in [6.07, 6.45) is 18.3. The van der Waals surface area contributed by atoms with E-state index in [1.165, 1.54) is 38.5 Å². The SMILES string of the molecule is NC(C=CCCc1c[nH]cn1)CC1CCCCC1. The number of nitrogens with one attached hydrogen (secondary N) is 1. The summed E-state index contributed by atoms with van der Waals surface area (Å²) in [5, 5.41) is 0. The van der Waals surface area contributed by atoms with Crippen LogP contribution in [0.15, 0.2) is 24.7 Å². The normalized spacial score (nSPS) is 19.4. The number of nitrogens with two attached hydrogens (primary N) is 1. The van der Waals surface area contributed by atoms with Crippen molar-refractivity contribution in [1.29, 1.82) is 0 Å². The van der Waals surface area contributed by atoms with Crippen molar-refractivity contribution in [2.45, 2.75) is 57.4 Å². The first-order valence-corrected chi connectivity index (χ1v) is 7.24. The summed E-state index contributed by atoms with van der Waals surface area (Å²) in [7, 11) is 0. The lowest BCUT2D eigenvalue weighted by Crippen LogP contribution is -2.22. The van der Waals surface area contributed by atoms with Gasteiger partial charge in [0.05, 0.1) is 12.0 Å². The van der Waals surface area contributed by atoms with Crippen LogP contribution >= 0.6 is 0 Å². The third-order valence-corrected chi connectivity index (χ3v) is 3.84. The average Bonchev–Trinajstić information content (AvgIpc) is 2.89. The predicted octanol–water partition coefficient (Wildman–Crippen LogP) is 3.20. The van der Waals surface area contributed by atoms with Crippen molar-refractivity contribution in [3.8, 4) is 0 Å². The Morgan fingerprint density at radius 3 is 2.94 bits per heavy atom. The van der Waals surface area contributed by atoms with E-state index in [-0.39, 0.29) is 6.04 Å². The van der Waals surface area contributed by atoms with E-state index < -0.39 is 0 Å².